The van der Waals surface area contributed by atoms with E-state index in [1.807, 2.05) is 29.2 Å². The first kappa shape index (κ1) is 30.7. The first-order valence-electron chi connectivity index (χ1n) is 14.0. The number of rotatable bonds is 7. The lowest BCUT2D eigenvalue weighted by molar-refractivity contribution is -0.136. The molecule has 0 N–H and O–H groups in total. The van der Waals surface area contributed by atoms with Crippen molar-refractivity contribution in [2.45, 2.75) is 44.8 Å². The molecule has 0 radical (unpaired) electrons. The van der Waals surface area contributed by atoms with E-state index in [0.717, 1.165) is 33.4 Å². The number of amides is 2. The van der Waals surface area contributed by atoms with Gasteiger partial charge in [-0.25, -0.2) is 17.6 Å². The molecule has 0 spiro atoms. The largest absolute Gasteiger partial charge is 0.341 e. The highest BCUT2D eigenvalue weighted by Gasteiger charge is 2.31. The molecule has 228 valence electrons. The van der Waals surface area contributed by atoms with Crippen LogP contribution < -0.4 is 11.2 Å². The number of benzene rings is 2. The smallest absolute Gasteiger partial charge is 0.331 e. The molecule has 0 aliphatic carbocycles. The first-order chi connectivity index (χ1) is 20.4. The molecule has 0 saturated carbocycles. The first-order valence-corrected chi connectivity index (χ1v) is 16.5. The van der Waals surface area contributed by atoms with Crippen LogP contribution in [0.15, 0.2) is 58.3 Å². The molecule has 2 aliphatic heterocycles. The fourth-order valence-electron chi connectivity index (χ4n) is 5.78. The topological polar surface area (TPSA) is 119 Å². The zero-order valence-electron chi connectivity index (χ0n) is 23.7. The van der Waals surface area contributed by atoms with Gasteiger partial charge in [0.2, 0.25) is 11.8 Å². The zero-order chi connectivity index (χ0) is 30.9. The van der Waals surface area contributed by atoms with Gasteiger partial charge in [-0.3, -0.25) is 23.5 Å². The number of fused-ring (bicyclic) bond motifs is 1. The molecule has 1 aromatic heterocycles. The van der Waals surface area contributed by atoms with E-state index in [4.69, 9.17) is 11.6 Å². The van der Waals surface area contributed by atoms with E-state index in [2.05, 4.69) is 0 Å². The van der Waals surface area contributed by atoms with Crippen molar-refractivity contribution in [1.29, 1.82) is 0 Å². The van der Waals surface area contributed by atoms with Crippen LogP contribution in [0.1, 0.15) is 24.0 Å². The van der Waals surface area contributed by atoms with Crippen molar-refractivity contribution in [3.05, 3.63) is 91.5 Å². The standard InChI is InChI=1S/C30H32ClFN4O6S/c1-43(41,42)16-15-36-29(39)24(23-7-4-8-25(32)28(23)31)18-34(30(36)40)19-27(38)33-12-10-22(11-13-33)35-14-9-20-5-2-3-6-21(20)17-26(35)37/h2-8,18,22H,9-17,19H2,1H3. The summed E-state index contributed by atoms with van der Waals surface area (Å²) in [6, 6.07) is 11.8. The van der Waals surface area contributed by atoms with Crippen LogP contribution in [0.3, 0.4) is 0 Å². The number of aromatic nitrogens is 2. The van der Waals surface area contributed by atoms with Crippen LogP contribution in [0, 0.1) is 5.82 Å². The molecule has 2 aromatic carbocycles. The molecule has 43 heavy (non-hydrogen) atoms. The van der Waals surface area contributed by atoms with Crippen molar-refractivity contribution in [3.63, 3.8) is 0 Å². The summed E-state index contributed by atoms with van der Waals surface area (Å²) in [4.78, 5) is 56.5. The number of nitrogens with zero attached hydrogens (tertiary/aromatic N) is 4. The van der Waals surface area contributed by atoms with Crippen LogP contribution in [-0.2, 0) is 45.4 Å². The van der Waals surface area contributed by atoms with Crippen LogP contribution in [0.25, 0.3) is 11.1 Å². The van der Waals surface area contributed by atoms with E-state index in [1.165, 1.54) is 23.9 Å². The minimum Gasteiger partial charge on any atom is -0.341 e. The summed E-state index contributed by atoms with van der Waals surface area (Å²) in [6.45, 7) is 0.520. The molecule has 2 aliphatic rings. The number of carbonyl (C=O) groups is 2. The maximum atomic E-state index is 14.2. The molecule has 3 heterocycles. The van der Waals surface area contributed by atoms with E-state index in [-0.39, 0.29) is 34.0 Å². The molecule has 3 aromatic rings. The van der Waals surface area contributed by atoms with Gasteiger partial charge in [0.25, 0.3) is 5.56 Å². The Morgan fingerprint density at radius 2 is 1.67 bits per heavy atom. The van der Waals surface area contributed by atoms with Crippen LogP contribution in [0.2, 0.25) is 5.02 Å². The molecular formula is C30H32ClFN4O6S. The Balaban J connectivity index is 1.34. The Kier molecular flexibility index (Phi) is 8.89. The molecule has 1 fully saturated rings. The minimum atomic E-state index is -3.53. The number of piperidine rings is 1. The molecule has 0 atom stereocenters. The third kappa shape index (κ3) is 6.75. The summed E-state index contributed by atoms with van der Waals surface area (Å²) in [5.41, 5.74) is 0.409. The molecule has 0 bridgehead atoms. The number of likely N-dealkylation sites (tertiary alicyclic amines) is 1. The van der Waals surface area contributed by atoms with E-state index in [9.17, 15) is 32.0 Å². The number of hydrogen-bond donors (Lipinski definition) is 0. The second-order valence-corrected chi connectivity index (χ2v) is 13.7. The Morgan fingerprint density at radius 3 is 2.37 bits per heavy atom. The maximum Gasteiger partial charge on any atom is 0.331 e. The summed E-state index contributed by atoms with van der Waals surface area (Å²) >= 11 is 6.14. The average molecular weight is 631 g/mol. The van der Waals surface area contributed by atoms with Crippen molar-refractivity contribution < 1.29 is 22.4 Å². The van der Waals surface area contributed by atoms with Crippen molar-refractivity contribution >= 4 is 33.3 Å². The maximum absolute atomic E-state index is 14.2. The number of hydrogen-bond acceptors (Lipinski definition) is 6. The van der Waals surface area contributed by atoms with Crippen molar-refractivity contribution in [1.82, 2.24) is 18.9 Å². The average Bonchev–Trinajstić information content (AvgIpc) is 3.13. The van der Waals surface area contributed by atoms with Crippen LogP contribution in [-0.4, -0.2) is 76.9 Å². The second kappa shape index (κ2) is 12.5. The highest BCUT2D eigenvalue weighted by Crippen LogP contribution is 2.28. The van der Waals surface area contributed by atoms with Gasteiger partial charge in [-0.2, -0.15) is 0 Å². The van der Waals surface area contributed by atoms with Crippen LogP contribution in [0.4, 0.5) is 4.39 Å². The Bertz CT molecular complexity index is 1800. The fourth-order valence-corrected chi connectivity index (χ4v) is 6.52. The van der Waals surface area contributed by atoms with Gasteiger partial charge in [-0.1, -0.05) is 48.0 Å². The van der Waals surface area contributed by atoms with Crippen molar-refractivity contribution in [3.8, 4) is 11.1 Å². The van der Waals surface area contributed by atoms with E-state index in [1.54, 1.807) is 4.90 Å². The molecule has 5 rings (SSSR count). The van der Waals surface area contributed by atoms with Gasteiger partial charge < -0.3 is 9.80 Å². The predicted molar refractivity (Wildman–Crippen MR) is 160 cm³/mol. The van der Waals surface area contributed by atoms with Gasteiger partial charge in [-0.05, 0) is 36.5 Å². The second-order valence-electron chi connectivity index (χ2n) is 11.0. The van der Waals surface area contributed by atoms with Gasteiger partial charge in [-0.15, -0.1) is 0 Å². The van der Waals surface area contributed by atoms with Crippen LogP contribution in [0.5, 0.6) is 0 Å². The van der Waals surface area contributed by atoms with E-state index in [0.29, 0.717) is 38.9 Å². The van der Waals surface area contributed by atoms with Gasteiger partial charge in [0.05, 0.1) is 22.8 Å². The van der Waals surface area contributed by atoms with Crippen LogP contribution >= 0.6 is 11.6 Å². The van der Waals surface area contributed by atoms with E-state index < -0.39 is 45.7 Å². The normalized spacial score (nSPS) is 16.2. The van der Waals surface area contributed by atoms with Gasteiger partial charge in [0.1, 0.15) is 22.2 Å². The summed E-state index contributed by atoms with van der Waals surface area (Å²) in [5, 5.41) is -0.334. The molecule has 0 unspecified atom stereocenters. The highest BCUT2D eigenvalue weighted by molar-refractivity contribution is 7.90. The molecule has 1 saturated heterocycles. The highest BCUT2D eigenvalue weighted by atomic mass is 35.5. The zero-order valence-corrected chi connectivity index (χ0v) is 25.2. The van der Waals surface area contributed by atoms with E-state index >= 15 is 0 Å². The number of sulfone groups is 1. The fraction of sp³-hybridized carbons (Fsp3) is 0.400. The van der Waals surface area contributed by atoms with Gasteiger partial charge in [0, 0.05) is 50.2 Å². The Labute approximate surface area is 253 Å². The third-order valence-corrected chi connectivity index (χ3v) is 9.44. The molecule has 10 nitrogen and oxygen atoms in total. The van der Waals surface area contributed by atoms with Gasteiger partial charge in [0.15, 0.2) is 0 Å². The molecule has 13 heteroatoms. The van der Waals surface area contributed by atoms with Crippen molar-refractivity contribution in [2.75, 3.05) is 31.6 Å². The SMILES string of the molecule is CS(=O)(=O)CCn1c(=O)c(-c2cccc(F)c2Cl)cn(CC(=O)N2CCC(N3CCc4ccccc4CC3=O)CC2)c1=O. The number of carbonyl (C=O) groups excluding carboxylic acids is 2. The molecular weight excluding hydrogens is 599 g/mol. The molecule has 2 amide bonds. The third-order valence-electron chi connectivity index (χ3n) is 8.13. The predicted octanol–water partition coefficient (Wildman–Crippen LogP) is 2.13. The lowest BCUT2D eigenvalue weighted by atomic mass is 10.0. The minimum absolute atomic E-state index is 0.00629. The lowest BCUT2D eigenvalue weighted by Crippen LogP contribution is -2.50. The lowest BCUT2D eigenvalue weighted by Gasteiger charge is -2.38. The van der Waals surface area contributed by atoms with Gasteiger partial charge >= 0.3 is 5.69 Å². The quantitative estimate of drug-likeness (QED) is 0.395. The monoisotopic (exact) mass is 630 g/mol. The summed E-state index contributed by atoms with van der Waals surface area (Å²) in [5.74, 6) is -1.56. The summed E-state index contributed by atoms with van der Waals surface area (Å²) in [6.07, 6.45) is 4.44. The van der Waals surface area contributed by atoms with Crippen molar-refractivity contribution in [2.24, 2.45) is 0 Å². The summed E-state index contributed by atoms with van der Waals surface area (Å²) in [7, 11) is -3.53. The Hall–Kier alpha value is -3.77. The number of halogens is 2. The summed E-state index contributed by atoms with van der Waals surface area (Å²) < 4.78 is 39.6. The Morgan fingerprint density at radius 1 is 0.977 bits per heavy atom.